The summed E-state index contributed by atoms with van der Waals surface area (Å²) in [4.78, 5) is 0. The van der Waals surface area contributed by atoms with Gasteiger partial charge in [-0.25, -0.2) is 0 Å². The maximum Gasteiger partial charge on any atom is -0.0242 e. The highest BCUT2D eigenvalue weighted by Gasteiger charge is 2.30. The molecule has 1 unspecified atom stereocenters. The zero-order valence-electron chi connectivity index (χ0n) is 13.1. The summed E-state index contributed by atoms with van der Waals surface area (Å²) in [6.07, 6.45) is 9.46. The molecule has 0 aromatic heterocycles. The van der Waals surface area contributed by atoms with Crippen LogP contribution in [0, 0.1) is 18.3 Å². The minimum absolute atomic E-state index is 0.460. The van der Waals surface area contributed by atoms with E-state index in [0.717, 1.165) is 5.92 Å². The van der Waals surface area contributed by atoms with Gasteiger partial charge in [0.2, 0.25) is 0 Å². The predicted molar refractivity (Wildman–Crippen MR) is 82.8 cm³/mol. The van der Waals surface area contributed by atoms with E-state index < -0.39 is 0 Å². The Hall–Kier alpha value is -0.780. The van der Waals surface area contributed by atoms with Crippen molar-refractivity contribution in [3.8, 4) is 0 Å². The van der Waals surface area contributed by atoms with Crippen LogP contribution >= 0.6 is 0 Å². The fourth-order valence-electron chi connectivity index (χ4n) is 4.19. The molecular weight excluding hydrogens is 228 g/mol. The molecule has 0 heterocycles. The van der Waals surface area contributed by atoms with Crippen molar-refractivity contribution in [2.45, 2.75) is 72.6 Å². The molecule has 0 bridgehead atoms. The first-order valence-electron chi connectivity index (χ1n) is 8.10. The van der Waals surface area contributed by atoms with Crippen LogP contribution in [0.4, 0.5) is 0 Å². The molecule has 0 N–H and O–H groups in total. The fourth-order valence-corrected chi connectivity index (χ4v) is 4.19. The molecule has 0 aliphatic heterocycles. The summed E-state index contributed by atoms with van der Waals surface area (Å²) in [6, 6.07) is 2.58. The highest BCUT2D eigenvalue weighted by atomic mass is 14.3. The van der Waals surface area contributed by atoms with Gasteiger partial charge in [-0.15, -0.1) is 0 Å². The first-order valence-corrected chi connectivity index (χ1v) is 8.10. The summed E-state index contributed by atoms with van der Waals surface area (Å²) in [5.41, 5.74) is 8.89. The third kappa shape index (κ3) is 2.35. The summed E-state index contributed by atoms with van der Waals surface area (Å²) < 4.78 is 0. The Morgan fingerprint density at radius 2 is 1.63 bits per heavy atom. The number of aryl methyl sites for hydroxylation is 1. The van der Waals surface area contributed by atoms with Gasteiger partial charge in [-0.05, 0) is 91.0 Å². The SMILES string of the molecule is Cc1c2c(cc3c1CCC(C(C)(C)C)C3)CCCC2. The second-order valence-electron chi connectivity index (χ2n) is 7.79. The largest absolute Gasteiger partial charge is 0.0599 e. The van der Waals surface area contributed by atoms with Crippen molar-refractivity contribution in [3.63, 3.8) is 0 Å². The van der Waals surface area contributed by atoms with Crippen molar-refractivity contribution >= 4 is 0 Å². The summed E-state index contributed by atoms with van der Waals surface area (Å²) in [6.45, 7) is 9.62. The number of benzene rings is 1. The van der Waals surface area contributed by atoms with Crippen molar-refractivity contribution in [1.29, 1.82) is 0 Å². The Balaban J connectivity index is 1.99. The lowest BCUT2D eigenvalue weighted by molar-refractivity contribution is 0.215. The summed E-state index contributed by atoms with van der Waals surface area (Å²) in [5, 5.41) is 0. The molecule has 2 aliphatic carbocycles. The molecule has 0 saturated heterocycles. The quantitative estimate of drug-likeness (QED) is 0.611. The topological polar surface area (TPSA) is 0 Å². The third-order valence-corrected chi connectivity index (χ3v) is 5.59. The fraction of sp³-hybridized carbons (Fsp3) is 0.684. The van der Waals surface area contributed by atoms with E-state index in [-0.39, 0.29) is 0 Å². The van der Waals surface area contributed by atoms with Crippen LogP contribution in [0.2, 0.25) is 0 Å². The third-order valence-electron chi connectivity index (χ3n) is 5.59. The first kappa shape index (κ1) is 13.2. The van der Waals surface area contributed by atoms with Crippen LogP contribution in [-0.2, 0) is 25.7 Å². The van der Waals surface area contributed by atoms with Crippen LogP contribution in [0.3, 0.4) is 0 Å². The minimum atomic E-state index is 0.460. The molecule has 0 saturated carbocycles. The summed E-state index contributed by atoms with van der Waals surface area (Å²) >= 11 is 0. The Bertz CT molecular complexity index is 488. The van der Waals surface area contributed by atoms with E-state index >= 15 is 0 Å². The molecule has 104 valence electrons. The maximum atomic E-state index is 2.58. The zero-order chi connectivity index (χ0) is 13.6. The van der Waals surface area contributed by atoms with Crippen molar-refractivity contribution in [3.05, 3.63) is 33.9 Å². The molecule has 19 heavy (non-hydrogen) atoms. The molecule has 0 radical (unpaired) electrons. The molecule has 2 aliphatic rings. The Morgan fingerprint density at radius 3 is 2.37 bits per heavy atom. The standard InChI is InChI=1S/C19H28/c1-13-17-8-6-5-7-14(17)11-15-12-16(19(2,3)4)9-10-18(13)15/h11,16H,5-10,12H2,1-4H3. The molecule has 0 fully saturated rings. The maximum absolute atomic E-state index is 2.58. The summed E-state index contributed by atoms with van der Waals surface area (Å²) in [7, 11) is 0. The van der Waals surface area contributed by atoms with Gasteiger partial charge in [0.25, 0.3) is 0 Å². The first-order chi connectivity index (χ1) is 8.97. The van der Waals surface area contributed by atoms with Gasteiger partial charge in [0.15, 0.2) is 0 Å². The normalized spacial score (nSPS) is 22.8. The van der Waals surface area contributed by atoms with E-state index in [2.05, 4.69) is 33.8 Å². The van der Waals surface area contributed by atoms with Gasteiger partial charge in [-0.2, -0.15) is 0 Å². The number of hydrogen-bond donors (Lipinski definition) is 0. The number of rotatable bonds is 0. The van der Waals surface area contributed by atoms with Gasteiger partial charge in [0, 0.05) is 0 Å². The van der Waals surface area contributed by atoms with Crippen LogP contribution < -0.4 is 0 Å². The van der Waals surface area contributed by atoms with Crippen molar-refractivity contribution < 1.29 is 0 Å². The molecule has 1 aromatic carbocycles. The highest BCUT2D eigenvalue weighted by molar-refractivity contribution is 5.48. The zero-order valence-corrected chi connectivity index (χ0v) is 13.1. The Kier molecular flexibility index (Phi) is 3.23. The van der Waals surface area contributed by atoms with Crippen LogP contribution in [0.15, 0.2) is 6.07 Å². The molecule has 0 spiro atoms. The van der Waals surface area contributed by atoms with E-state index in [0.29, 0.717) is 5.41 Å². The number of hydrogen-bond acceptors (Lipinski definition) is 0. The lowest BCUT2D eigenvalue weighted by Crippen LogP contribution is -2.28. The van der Waals surface area contributed by atoms with E-state index in [1.54, 1.807) is 27.8 Å². The predicted octanol–water partition coefficient (Wildman–Crippen LogP) is 5.02. The van der Waals surface area contributed by atoms with E-state index in [1.807, 2.05) is 0 Å². The Labute approximate surface area is 118 Å². The van der Waals surface area contributed by atoms with E-state index in [4.69, 9.17) is 0 Å². The average Bonchev–Trinajstić information content (AvgIpc) is 2.37. The van der Waals surface area contributed by atoms with Gasteiger partial charge in [-0.1, -0.05) is 26.8 Å². The van der Waals surface area contributed by atoms with Crippen molar-refractivity contribution in [2.24, 2.45) is 11.3 Å². The Morgan fingerprint density at radius 1 is 0.947 bits per heavy atom. The van der Waals surface area contributed by atoms with Gasteiger partial charge in [0.05, 0.1) is 0 Å². The monoisotopic (exact) mass is 256 g/mol. The van der Waals surface area contributed by atoms with Crippen molar-refractivity contribution in [1.82, 2.24) is 0 Å². The molecular formula is C19H28. The highest BCUT2D eigenvalue weighted by Crippen LogP contribution is 2.40. The lowest BCUT2D eigenvalue weighted by Gasteiger charge is -2.36. The average molecular weight is 256 g/mol. The second-order valence-corrected chi connectivity index (χ2v) is 7.79. The van der Waals surface area contributed by atoms with Gasteiger partial charge >= 0.3 is 0 Å². The molecule has 0 amide bonds. The lowest BCUT2D eigenvalue weighted by atomic mass is 9.69. The smallest absolute Gasteiger partial charge is 0.0242 e. The molecule has 1 atom stereocenters. The van der Waals surface area contributed by atoms with Gasteiger partial charge in [-0.3, -0.25) is 0 Å². The molecule has 3 rings (SSSR count). The van der Waals surface area contributed by atoms with Gasteiger partial charge in [0.1, 0.15) is 0 Å². The molecule has 0 heteroatoms. The van der Waals surface area contributed by atoms with E-state index in [9.17, 15) is 0 Å². The minimum Gasteiger partial charge on any atom is -0.0599 e. The molecule has 1 aromatic rings. The molecule has 0 nitrogen and oxygen atoms in total. The van der Waals surface area contributed by atoms with Crippen LogP contribution in [0.1, 0.15) is 67.9 Å². The van der Waals surface area contributed by atoms with E-state index in [1.165, 1.54) is 44.9 Å². The number of fused-ring (bicyclic) bond motifs is 2. The van der Waals surface area contributed by atoms with Crippen molar-refractivity contribution in [2.75, 3.05) is 0 Å². The second kappa shape index (κ2) is 4.65. The van der Waals surface area contributed by atoms with Crippen LogP contribution in [0.25, 0.3) is 0 Å². The van der Waals surface area contributed by atoms with Crippen LogP contribution in [0.5, 0.6) is 0 Å². The summed E-state index contributed by atoms with van der Waals surface area (Å²) in [5.74, 6) is 0.862. The van der Waals surface area contributed by atoms with Gasteiger partial charge < -0.3 is 0 Å². The van der Waals surface area contributed by atoms with Crippen LogP contribution in [-0.4, -0.2) is 0 Å².